The monoisotopic (exact) mass is 518 g/mol. The van der Waals surface area contributed by atoms with Crippen molar-refractivity contribution in [1.82, 2.24) is 15.1 Å². The Labute approximate surface area is 198 Å². The topological polar surface area (TPSA) is 93.6 Å². The summed E-state index contributed by atoms with van der Waals surface area (Å²) in [6.45, 7) is 0.972. The fourth-order valence-corrected chi connectivity index (χ4v) is 3.89. The van der Waals surface area contributed by atoms with Crippen LogP contribution in [0.3, 0.4) is 0 Å². The third-order valence-electron chi connectivity index (χ3n) is 4.54. The second-order valence-corrected chi connectivity index (χ2v) is 8.63. The van der Waals surface area contributed by atoms with Gasteiger partial charge in [-0.15, -0.1) is 10.2 Å². The summed E-state index contributed by atoms with van der Waals surface area (Å²) < 4.78 is 11.3. The van der Waals surface area contributed by atoms with Crippen LogP contribution in [-0.4, -0.2) is 60.8 Å². The minimum Gasteiger partial charge on any atom is -0.497 e. The van der Waals surface area contributed by atoms with Crippen molar-refractivity contribution in [3.05, 3.63) is 58.6 Å². The molecule has 0 aliphatic heterocycles. The summed E-state index contributed by atoms with van der Waals surface area (Å²) in [6, 6.07) is 14.6. The molecule has 1 heterocycles. The Hall–Kier alpha value is -2.82. The molecule has 2 amide bonds. The Kier molecular flexibility index (Phi) is 8.72. The van der Waals surface area contributed by atoms with Gasteiger partial charge in [0.1, 0.15) is 10.8 Å². The van der Waals surface area contributed by atoms with Crippen molar-refractivity contribution >= 4 is 44.2 Å². The maximum absolute atomic E-state index is 12.9. The van der Waals surface area contributed by atoms with Crippen molar-refractivity contribution in [2.75, 3.05) is 39.2 Å². The summed E-state index contributed by atoms with van der Waals surface area (Å²) in [7, 11) is 3.12. The Bertz CT molecular complexity index is 1060. The molecular weight excluding hydrogens is 496 g/mol. The van der Waals surface area contributed by atoms with Gasteiger partial charge in [-0.05, 0) is 30.3 Å². The molecule has 0 spiro atoms. The number of nitrogens with one attached hydrogen (secondary N) is 1. The van der Waals surface area contributed by atoms with E-state index in [-0.39, 0.29) is 24.8 Å². The van der Waals surface area contributed by atoms with Crippen molar-refractivity contribution in [2.45, 2.75) is 6.42 Å². The molecule has 10 heteroatoms. The van der Waals surface area contributed by atoms with Crippen LogP contribution in [0, 0.1) is 0 Å². The zero-order valence-corrected chi connectivity index (χ0v) is 20.1. The molecule has 0 radical (unpaired) electrons. The van der Waals surface area contributed by atoms with E-state index in [0.717, 1.165) is 10.0 Å². The molecule has 32 heavy (non-hydrogen) atoms. The number of ether oxygens (including phenoxy) is 2. The van der Waals surface area contributed by atoms with Crippen molar-refractivity contribution < 1.29 is 19.1 Å². The second kappa shape index (κ2) is 11.7. The highest BCUT2D eigenvalue weighted by atomic mass is 79.9. The molecule has 2 aromatic carbocycles. The first-order chi connectivity index (χ1) is 15.5. The molecule has 3 rings (SSSR count). The number of halogens is 1. The maximum atomic E-state index is 12.9. The quantitative estimate of drug-likeness (QED) is 0.434. The first-order valence-corrected chi connectivity index (χ1v) is 11.4. The molecule has 8 nitrogen and oxygen atoms in total. The van der Waals surface area contributed by atoms with Crippen LogP contribution in [0.5, 0.6) is 5.75 Å². The summed E-state index contributed by atoms with van der Waals surface area (Å²) in [5.41, 5.74) is 1.41. The maximum Gasteiger partial charge on any atom is 0.254 e. The normalized spacial score (nSPS) is 10.6. The van der Waals surface area contributed by atoms with E-state index in [9.17, 15) is 9.59 Å². The number of hydrogen-bond acceptors (Lipinski definition) is 7. The lowest BCUT2D eigenvalue weighted by molar-refractivity contribution is -0.116. The van der Waals surface area contributed by atoms with E-state index in [4.69, 9.17) is 9.47 Å². The number of carbonyl (C=O) groups is 2. The van der Waals surface area contributed by atoms with E-state index in [2.05, 4.69) is 31.4 Å². The molecule has 1 aromatic heterocycles. The minimum atomic E-state index is -0.246. The van der Waals surface area contributed by atoms with Gasteiger partial charge in [0.05, 0.1) is 13.7 Å². The summed E-state index contributed by atoms with van der Waals surface area (Å²) in [5, 5.41) is 12.1. The van der Waals surface area contributed by atoms with Gasteiger partial charge in [-0.2, -0.15) is 0 Å². The average Bonchev–Trinajstić information content (AvgIpc) is 3.27. The van der Waals surface area contributed by atoms with Crippen molar-refractivity contribution in [2.24, 2.45) is 0 Å². The van der Waals surface area contributed by atoms with Crippen molar-refractivity contribution in [3.8, 4) is 16.3 Å². The number of hydrogen-bond donors (Lipinski definition) is 1. The number of methoxy groups -OCH3 is 2. The van der Waals surface area contributed by atoms with Crippen LogP contribution in [0.15, 0.2) is 53.0 Å². The standard InChI is InChI=1S/C22H23BrN4O4S/c1-30-13-12-27(21(29)16-4-3-5-18(14-16)31-2)11-10-19(28)24-22-26-25-20(32-22)15-6-8-17(23)9-7-15/h3-9,14H,10-13H2,1-2H3,(H,24,26,28). The van der Waals surface area contributed by atoms with Gasteiger partial charge in [0.2, 0.25) is 11.0 Å². The molecule has 0 aliphatic carbocycles. The molecule has 1 N–H and O–H groups in total. The Balaban J connectivity index is 1.60. The zero-order valence-electron chi connectivity index (χ0n) is 17.7. The highest BCUT2D eigenvalue weighted by molar-refractivity contribution is 9.10. The van der Waals surface area contributed by atoms with E-state index in [0.29, 0.717) is 34.6 Å². The number of nitrogens with zero attached hydrogens (tertiary/aromatic N) is 3. The van der Waals surface area contributed by atoms with E-state index >= 15 is 0 Å². The minimum absolute atomic E-state index is 0.118. The van der Waals surface area contributed by atoms with Gasteiger partial charge < -0.3 is 19.7 Å². The predicted octanol–water partition coefficient (Wildman–Crippen LogP) is 4.09. The van der Waals surface area contributed by atoms with Gasteiger partial charge in [-0.25, -0.2) is 0 Å². The number of anilines is 1. The van der Waals surface area contributed by atoms with Gasteiger partial charge in [0.15, 0.2) is 0 Å². The molecular formula is C22H23BrN4O4S. The van der Waals surface area contributed by atoms with Crippen LogP contribution in [0.25, 0.3) is 10.6 Å². The largest absolute Gasteiger partial charge is 0.497 e. The van der Waals surface area contributed by atoms with Crippen LogP contribution in [-0.2, 0) is 9.53 Å². The van der Waals surface area contributed by atoms with Gasteiger partial charge in [-0.3, -0.25) is 9.59 Å². The lowest BCUT2D eigenvalue weighted by Gasteiger charge is -2.22. The van der Waals surface area contributed by atoms with Crippen molar-refractivity contribution in [3.63, 3.8) is 0 Å². The first-order valence-electron chi connectivity index (χ1n) is 9.81. The molecule has 0 bridgehead atoms. The number of amides is 2. The summed E-state index contributed by atoms with van der Waals surface area (Å²) in [4.78, 5) is 27.0. The number of aromatic nitrogens is 2. The van der Waals surface area contributed by atoms with Crippen LogP contribution in [0.1, 0.15) is 16.8 Å². The van der Waals surface area contributed by atoms with Gasteiger partial charge in [0, 0.05) is 42.2 Å². The molecule has 3 aromatic rings. The third-order valence-corrected chi connectivity index (χ3v) is 5.96. The van der Waals surface area contributed by atoms with E-state index in [1.54, 1.807) is 43.4 Å². The summed E-state index contributed by atoms with van der Waals surface area (Å²) in [5.74, 6) is 0.157. The molecule has 0 saturated heterocycles. The van der Waals surface area contributed by atoms with Gasteiger partial charge in [-0.1, -0.05) is 45.5 Å². The lowest BCUT2D eigenvalue weighted by Crippen LogP contribution is -2.36. The molecule has 0 aliphatic rings. The smallest absolute Gasteiger partial charge is 0.254 e. The second-order valence-electron chi connectivity index (χ2n) is 6.73. The Morgan fingerprint density at radius 1 is 1.09 bits per heavy atom. The number of carbonyl (C=O) groups excluding carboxylic acids is 2. The van der Waals surface area contributed by atoms with Crippen LogP contribution in [0.4, 0.5) is 5.13 Å². The number of benzene rings is 2. The van der Waals surface area contributed by atoms with E-state index in [1.807, 2.05) is 24.3 Å². The van der Waals surface area contributed by atoms with Crippen LogP contribution < -0.4 is 10.1 Å². The van der Waals surface area contributed by atoms with Crippen LogP contribution in [0.2, 0.25) is 0 Å². The number of rotatable bonds is 10. The zero-order chi connectivity index (χ0) is 22.9. The lowest BCUT2D eigenvalue weighted by atomic mass is 10.2. The van der Waals surface area contributed by atoms with E-state index < -0.39 is 0 Å². The van der Waals surface area contributed by atoms with Gasteiger partial charge in [0.25, 0.3) is 5.91 Å². The molecule has 0 saturated carbocycles. The highest BCUT2D eigenvalue weighted by Gasteiger charge is 2.18. The summed E-state index contributed by atoms with van der Waals surface area (Å²) >= 11 is 4.69. The van der Waals surface area contributed by atoms with E-state index in [1.165, 1.54) is 11.3 Å². The fourth-order valence-electron chi connectivity index (χ4n) is 2.86. The van der Waals surface area contributed by atoms with Crippen LogP contribution >= 0.6 is 27.3 Å². The Morgan fingerprint density at radius 2 is 1.88 bits per heavy atom. The molecule has 0 unspecified atom stereocenters. The fraction of sp³-hybridized carbons (Fsp3) is 0.273. The predicted molar refractivity (Wildman–Crippen MR) is 127 cm³/mol. The van der Waals surface area contributed by atoms with Gasteiger partial charge >= 0.3 is 0 Å². The molecule has 0 fully saturated rings. The average molecular weight is 519 g/mol. The third kappa shape index (κ3) is 6.59. The SMILES string of the molecule is COCCN(CCC(=O)Nc1nnc(-c2ccc(Br)cc2)s1)C(=O)c1cccc(OC)c1. The summed E-state index contributed by atoms with van der Waals surface area (Å²) in [6.07, 6.45) is 0.118. The van der Waals surface area contributed by atoms with Crippen molar-refractivity contribution in [1.29, 1.82) is 0 Å². The first kappa shape index (κ1) is 23.8. The molecule has 0 atom stereocenters. The highest BCUT2D eigenvalue weighted by Crippen LogP contribution is 2.27. The Morgan fingerprint density at radius 3 is 2.59 bits per heavy atom. The molecule has 168 valence electrons.